The summed E-state index contributed by atoms with van der Waals surface area (Å²) in [5.41, 5.74) is 6.92. The number of aryl methyl sites for hydroxylation is 1. The fourth-order valence-electron chi connectivity index (χ4n) is 3.47. The molecule has 0 bridgehead atoms. The van der Waals surface area contributed by atoms with Gasteiger partial charge in [0, 0.05) is 34.3 Å². The molecule has 3 aromatic rings. The molecule has 0 aliphatic rings. The van der Waals surface area contributed by atoms with Crippen molar-refractivity contribution in [3.63, 3.8) is 0 Å². The van der Waals surface area contributed by atoms with E-state index in [1.165, 1.54) is 14.2 Å². The van der Waals surface area contributed by atoms with Gasteiger partial charge in [-0.05, 0) is 57.2 Å². The number of ether oxygens (including phenoxy) is 3. The van der Waals surface area contributed by atoms with Crippen molar-refractivity contribution in [2.45, 2.75) is 20.8 Å². The van der Waals surface area contributed by atoms with Crippen LogP contribution in [0.3, 0.4) is 0 Å². The van der Waals surface area contributed by atoms with Crippen LogP contribution in [0.5, 0.6) is 11.5 Å². The first-order chi connectivity index (χ1) is 15.9. The Bertz CT molecular complexity index is 1170. The molecule has 3 rings (SSSR count). The Morgan fingerprint density at radius 2 is 1.70 bits per heavy atom. The van der Waals surface area contributed by atoms with Crippen LogP contribution in [0.25, 0.3) is 5.69 Å². The van der Waals surface area contributed by atoms with Gasteiger partial charge in [-0.2, -0.15) is 5.10 Å². The van der Waals surface area contributed by atoms with Gasteiger partial charge in [0.05, 0.1) is 32.6 Å². The summed E-state index contributed by atoms with van der Waals surface area (Å²) in [5.74, 6) is 0.272. The Hall–Kier alpha value is -4.07. The second kappa shape index (κ2) is 10.5. The largest absolute Gasteiger partial charge is 0.497 e. The van der Waals surface area contributed by atoms with Gasteiger partial charge < -0.3 is 18.8 Å². The van der Waals surface area contributed by atoms with Crippen molar-refractivity contribution >= 4 is 18.1 Å². The van der Waals surface area contributed by atoms with Crippen molar-refractivity contribution in [3.05, 3.63) is 76.6 Å². The van der Waals surface area contributed by atoms with E-state index >= 15 is 0 Å². The number of amides is 1. The van der Waals surface area contributed by atoms with Crippen LogP contribution in [0.4, 0.5) is 0 Å². The first-order valence-electron chi connectivity index (χ1n) is 10.4. The Morgan fingerprint density at radius 3 is 2.33 bits per heavy atom. The molecule has 0 saturated heterocycles. The van der Waals surface area contributed by atoms with Crippen molar-refractivity contribution in [2.24, 2.45) is 5.10 Å². The summed E-state index contributed by atoms with van der Waals surface area (Å²) in [5, 5.41) is 4.11. The highest BCUT2D eigenvalue weighted by Gasteiger charge is 2.13. The zero-order chi connectivity index (χ0) is 24.0. The van der Waals surface area contributed by atoms with Crippen LogP contribution in [-0.2, 0) is 4.74 Å². The zero-order valence-electron chi connectivity index (χ0n) is 19.3. The van der Waals surface area contributed by atoms with Gasteiger partial charge in [0.1, 0.15) is 11.5 Å². The number of esters is 1. The molecule has 0 spiro atoms. The number of carbonyl (C=O) groups excluding carboxylic acids is 2. The lowest BCUT2D eigenvalue weighted by atomic mass is 10.2. The van der Waals surface area contributed by atoms with Gasteiger partial charge in [-0.15, -0.1) is 0 Å². The summed E-state index contributed by atoms with van der Waals surface area (Å²) in [4.78, 5) is 24.6. The number of rotatable bonds is 8. The second-order valence-electron chi connectivity index (χ2n) is 7.23. The van der Waals surface area contributed by atoms with Crippen molar-refractivity contribution in [2.75, 3.05) is 20.8 Å². The third kappa shape index (κ3) is 5.41. The number of carbonyl (C=O) groups is 2. The zero-order valence-corrected chi connectivity index (χ0v) is 19.3. The lowest BCUT2D eigenvalue weighted by Gasteiger charge is -2.11. The van der Waals surface area contributed by atoms with Crippen molar-refractivity contribution in [1.29, 1.82) is 0 Å². The number of nitrogens with one attached hydrogen (secondary N) is 1. The van der Waals surface area contributed by atoms with Crippen molar-refractivity contribution < 1.29 is 23.8 Å². The first-order valence-corrected chi connectivity index (χ1v) is 10.4. The van der Waals surface area contributed by atoms with Gasteiger partial charge in [0.2, 0.25) is 0 Å². The number of aromatic nitrogens is 1. The molecule has 2 aromatic carbocycles. The van der Waals surface area contributed by atoms with Crippen LogP contribution in [0, 0.1) is 13.8 Å². The van der Waals surface area contributed by atoms with E-state index in [0.717, 1.165) is 22.6 Å². The predicted molar refractivity (Wildman–Crippen MR) is 126 cm³/mol. The average molecular weight is 450 g/mol. The molecule has 0 atom stereocenters. The molecule has 0 radical (unpaired) electrons. The Balaban J connectivity index is 1.80. The van der Waals surface area contributed by atoms with Gasteiger partial charge in [-0.25, -0.2) is 10.2 Å². The highest BCUT2D eigenvalue weighted by molar-refractivity contribution is 5.96. The highest BCUT2D eigenvalue weighted by atomic mass is 16.5. The SMILES string of the molecule is CCOC(=O)c1cccc(-n2c(C)cc(/C=N\NC(=O)c3cc(OC)cc(OC)c3)c2C)c1. The maximum atomic E-state index is 12.5. The Labute approximate surface area is 192 Å². The molecular formula is C25H27N3O5. The molecule has 0 saturated carbocycles. The third-order valence-electron chi connectivity index (χ3n) is 5.07. The Kier molecular flexibility index (Phi) is 7.50. The maximum Gasteiger partial charge on any atom is 0.338 e. The average Bonchev–Trinajstić information content (AvgIpc) is 3.11. The standard InChI is InChI=1S/C25H27N3O5/c1-6-33-25(30)18-8-7-9-21(11-18)28-16(2)10-20(17(28)3)15-26-27-24(29)19-12-22(31-4)14-23(13-19)32-5/h7-15H,6H2,1-5H3,(H,27,29)/b26-15-. The minimum Gasteiger partial charge on any atom is -0.497 e. The van der Waals surface area contributed by atoms with E-state index in [1.54, 1.807) is 43.5 Å². The molecule has 172 valence electrons. The van der Waals surface area contributed by atoms with E-state index in [0.29, 0.717) is 29.2 Å². The lowest BCUT2D eigenvalue weighted by Crippen LogP contribution is -2.17. The molecule has 0 aliphatic carbocycles. The first kappa shape index (κ1) is 23.6. The summed E-state index contributed by atoms with van der Waals surface area (Å²) < 4.78 is 17.5. The van der Waals surface area contributed by atoms with E-state index in [9.17, 15) is 9.59 Å². The van der Waals surface area contributed by atoms with Gasteiger partial charge >= 0.3 is 5.97 Å². The topological polar surface area (TPSA) is 91.2 Å². The second-order valence-corrected chi connectivity index (χ2v) is 7.23. The van der Waals surface area contributed by atoms with Crippen molar-refractivity contribution in [1.82, 2.24) is 9.99 Å². The highest BCUT2D eigenvalue weighted by Crippen LogP contribution is 2.23. The van der Waals surface area contributed by atoms with Gasteiger partial charge in [0.15, 0.2) is 0 Å². The minimum absolute atomic E-state index is 0.319. The van der Waals surface area contributed by atoms with Gasteiger partial charge in [-0.1, -0.05) is 6.07 Å². The summed E-state index contributed by atoms with van der Waals surface area (Å²) in [7, 11) is 3.04. The van der Waals surface area contributed by atoms with Crippen LogP contribution in [0.1, 0.15) is 44.6 Å². The molecule has 8 nitrogen and oxygen atoms in total. The lowest BCUT2D eigenvalue weighted by molar-refractivity contribution is 0.0526. The van der Waals surface area contributed by atoms with Crippen LogP contribution in [0.15, 0.2) is 53.6 Å². The van der Waals surface area contributed by atoms with Crippen LogP contribution in [-0.4, -0.2) is 43.5 Å². The summed E-state index contributed by atoms with van der Waals surface area (Å²) in [6.07, 6.45) is 1.59. The number of nitrogens with zero attached hydrogens (tertiary/aromatic N) is 2. The van der Waals surface area contributed by atoms with Crippen LogP contribution < -0.4 is 14.9 Å². The summed E-state index contributed by atoms with van der Waals surface area (Å²) in [6.45, 7) is 6.00. The normalized spacial score (nSPS) is 10.8. The molecule has 8 heteroatoms. The third-order valence-corrected chi connectivity index (χ3v) is 5.07. The predicted octanol–water partition coefficient (Wildman–Crippen LogP) is 4.05. The molecule has 0 aliphatic heterocycles. The number of hydrogen-bond acceptors (Lipinski definition) is 6. The quantitative estimate of drug-likeness (QED) is 0.318. The van der Waals surface area contributed by atoms with Crippen LogP contribution in [0.2, 0.25) is 0 Å². The summed E-state index contributed by atoms with van der Waals surface area (Å²) in [6, 6.07) is 14.1. The van der Waals surface area contributed by atoms with Gasteiger partial charge in [0.25, 0.3) is 5.91 Å². The Morgan fingerprint density at radius 1 is 1.00 bits per heavy atom. The fraction of sp³-hybridized carbons (Fsp3) is 0.240. The minimum atomic E-state index is -0.389. The van der Waals surface area contributed by atoms with E-state index < -0.39 is 0 Å². The number of methoxy groups -OCH3 is 2. The number of hydrazone groups is 1. The van der Waals surface area contributed by atoms with E-state index in [-0.39, 0.29) is 11.9 Å². The number of hydrogen-bond donors (Lipinski definition) is 1. The molecule has 0 unspecified atom stereocenters. The summed E-state index contributed by atoms with van der Waals surface area (Å²) >= 11 is 0. The maximum absolute atomic E-state index is 12.5. The molecule has 1 aromatic heterocycles. The molecule has 1 heterocycles. The van der Waals surface area contributed by atoms with E-state index in [2.05, 4.69) is 10.5 Å². The monoisotopic (exact) mass is 449 g/mol. The molecule has 1 amide bonds. The molecule has 0 fully saturated rings. The molecule has 33 heavy (non-hydrogen) atoms. The molecular weight excluding hydrogens is 422 g/mol. The molecule has 1 N–H and O–H groups in total. The van der Waals surface area contributed by atoms with Gasteiger partial charge in [-0.3, -0.25) is 4.79 Å². The van der Waals surface area contributed by atoms with Crippen molar-refractivity contribution in [3.8, 4) is 17.2 Å². The smallest absolute Gasteiger partial charge is 0.338 e. The van der Waals surface area contributed by atoms with E-state index in [4.69, 9.17) is 14.2 Å². The fourth-order valence-corrected chi connectivity index (χ4v) is 3.47. The van der Waals surface area contributed by atoms with E-state index in [1.807, 2.05) is 36.6 Å². The number of benzene rings is 2. The van der Waals surface area contributed by atoms with Crippen LogP contribution >= 0.6 is 0 Å².